The average molecular weight is 415 g/mol. The monoisotopic (exact) mass is 414 g/mol. The summed E-state index contributed by atoms with van der Waals surface area (Å²) < 4.78 is 7.98. The number of fused-ring (bicyclic) bond motifs is 1. The summed E-state index contributed by atoms with van der Waals surface area (Å²) in [5.74, 6) is 1.72. The van der Waals surface area contributed by atoms with E-state index in [0.29, 0.717) is 6.54 Å². The van der Waals surface area contributed by atoms with Gasteiger partial charge in [0.25, 0.3) is 0 Å². The number of aliphatic hydroxyl groups excluding tert-OH is 1. The van der Waals surface area contributed by atoms with E-state index in [1.54, 1.807) is 0 Å². The van der Waals surface area contributed by atoms with Crippen LogP contribution in [0.25, 0.3) is 11.0 Å². The maximum atomic E-state index is 10.7. The molecule has 0 spiro atoms. The normalized spacial score (nSPS) is 12.8. The second kappa shape index (κ2) is 8.94. The number of hydrogen-bond donors (Lipinski definition) is 1. The predicted molar refractivity (Wildman–Crippen MR) is 126 cm³/mol. The molecule has 160 valence electrons. The fourth-order valence-corrected chi connectivity index (χ4v) is 3.75. The minimum atomic E-state index is -0.644. The summed E-state index contributed by atoms with van der Waals surface area (Å²) in [7, 11) is 0. The van der Waals surface area contributed by atoms with E-state index >= 15 is 0 Å². The summed E-state index contributed by atoms with van der Waals surface area (Å²) >= 11 is 0. The van der Waals surface area contributed by atoms with Crippen molar-refractivity contribution in [1.29, 1.82) is 0 Å². The first-order valence-corrected chi connectivity index (χ1v) is 10.8. The molecule has 0 aliphatic rings. The van der Waals surface area contributed by atoms with Gasteiger partial charge in [0.2, 0.25) is 0 Å². The first-order chi connectivity index (χ1) is 14.9. The summed E-state index contributed by atoms with van der Waals surface area (Å²) in [4.78, 5) is 4.82. The quantitative estimate of drug-likeness (QED) is 0.443. The lowest BCUT2D eigenvalue weighted by molar-refractivity contribution is 0.0928. The molecule has 1 N–H and O–H groups in total. The molecule has 0 saturated carbocycles. The van der Waals surface area contributed by atoms with Crippen molar-refractivity contribution in [2.75, 3.05) is 6.61 Å². The fourth-order valence-electron chi connectivity index (χ4n) is 3.75. The molecule has 0 radical (unpaired) electrons. The van der Waals surface area contributed by atoms with Crippen LogP contribution in [0.3, 0.4) is 0 Å². The van der Waals surface area contributed by atoms with Gasteiger partial charge in [-0.2, -0.15) is 0 Å². The average Bonchev–Trinajstić information content (AvgIpc) is 3.09. The number of nitrogens with zero attached hydrogens (tertiary/aromatic N) is 2. The Bertz CT molecular complexity index is 1130. The standard InChI is InChI=1S/C27H30N2O2/c1-27(2,3)21-13-15-23(16-14-21)31-19-22(30)18-29-25-12-8-7-11-24(25)28-26(29)17-20-9-5-4-6-10-20/h4-16,22,30H,17-19H2,1-3H3/t22-/m0/s1. The molecule has 0 unspecified atom stereocenters. The molecule has 4 heteroatoms. The van der Waals surface area contributed by atoms with Gasteiger partial charge in [-0.3, -0.25) is 0 Å². The van der Waals surface area contributed by atoms with Crippen LogP contribution in [0.15, 0.2) is 78.9 Å². The number of ether oxygens (including phenoxy) is 1. The maximum Gasteiger partial charge on any atom is 0.119 e. The third-order valence-electron chi connectivity index (χ3n) is 5.49. The predicted octanol–water partition coefficient (Wildman–Crippen LogP) is 5.36. The van der Waals surface area contributed by atoms with Crippen LogP contribution in [0.1, 0.15) is 37.7 Å². The van der Waals surface area contributed by atoms with E-state index in [0.717, 1.165) is 29.0 Å². The van der Waals surface area contributed by atoms with Crippen LogP contribution in [0.4, 0.5) is 0 Å². The molecule has 0 saturated heterocycles. The molecular formula is C27H30N2O2. The summed E-state index contributed by atoms with van der Waals surface area (Å²) in [6.45, 7) is 7.23. The van der Waals surface area contributed by atoms with Crippen molar-refractivity contribution in [3.8, 4) is 5.75 Å². The Balaban J connectivity index is 1.47. The van der Waals surface area contributed by atoms with E-state index in [4.69, 9.17) is 9.72 Å². The highest BCUT2D eigenvalue weighted by atomic mass is 16.5. The van der Waals surface area contributed by atoms with E-state index in [1.165, 1.54) is 11.1 Å². The van der Waals surface area contributed by atoms with Crippen LogP contribution in [0.2, 0.25) is 0 Å². The number of aliphatic hydroxyl groups is 1. The fraction of sp³-hybridized carbons (Fsp3) is 0.296. The molecule has 0 aliphatic carbocycles. The van der Waals surface area contributed by atoms with Crippen molar-refractivity contribution in [2.24, 2.45) is 0 Å². The van der Waals surface area contributed by atoms with E-state index in [9.17, 15) is 5.11 Å². The third kappa shape index (κ3) is 5.15. The smallest absolute Gasteiger partial charge is 0.119 e. The van der Waals surface area contributed by atoms with E-state index in [-0.39, 0.29) is 12.0 Å². The lowest BCUT2D eigenvalue weighted by Crippen LogP contribution is -2.24. The zero-order valence-electron chi connectivity index (χ0n) is 18.5. The van der Waals surface area contributed by atoms with Crippen molar-refractivity contribution in [3.05, 3.63) is 95.8 Å². The van der Waals surface area contributed by atoms with Gasteiger partial charge in [-0.25, -0.2) is 4.98 Å². The van der Waals surface area contributed by atoms with Crippen LogP contribution in [0, 0.1) is 0 Å². The molecule has 4 nitrogen and oxygen atoms in total. The zero-order valence-corrected chi connectivity index (χ0v) is 18.5. The summed E-state index contributed by atoms with van der Waals surface area (Å²) in [5.41, 5.74) is 4.54. The van der Waals surface area contributed by atoms with E-state index in [1.807, 2.05) is 48.5 Å². The first kappa shape index (κ1) is 21.1. The largest absolute Gasteiger partial charge is 0.491 e. The Labute approximate surface area is 184 Å². The molecule has 0 bridgehead atoms. The molecule has 31 heavy (non-hydrogen) atoms. The van der Waals surface area contributed by atoms with Crippen molar-refractivity contribution in [3.63, 3.8) is 0 Å². The lowest BCUT2D eigenvalue weighted by atomic mass is 9.87. The molecule has 4 rings (SSSR count). The van der Waals surface area contributed by atoms with Gasteiger partial charge in [0.1, 0.15) is 24.3 Å². The van der Waals surface area contributed by atoms with Gasteiger partial charge in [0, 0.05) is 6.42 Å². The molecular weight excluding hydrogens is 384 g/mol. The zero-order chi connectivity index (χ0) is 21.8. The Hall–Kier alpha value is -3.11. The van der Waals surface area contributed by atoms with Crippen molar-refractivity contribution < 1.29 is 9.84 Å². The maximum absolute atomic E-state index is 10.7. The van der Waals surface area contributed by atoms with Gasteiger partial charge < -0.3 is 14.4 Å². The second-order valence-electron chi connectivity index (χ2n) is 9.03. The second-order valence-corrected chi connectivity index (χ2v) is 9.03. The summed E-state index contributed by atoms with van der Waals surface area (Å²) in [6, 6.07) is 26.5. The summed E-state index contributed by atoms with van der Waals surface area (Å²) in [6.07, 6.45) is 0.0756. The van der Waals surface area contributed by atoms with Gasteiger partial charge in [-0.15, -0.1) is 0 Å². The van der Waals surface area contributed by atoms with Crippen molar-refractivity contribution in [2.45, 2.75) is 45.3 Å². The Morgan fingerprint density at radius 1 is 0.903 bits per heavy atom. The number of rotatable bonds is 7. The Morgan fingerprint density at radius 2 is 1.58 bits per heavy atom. The topological polar surface area (TPSA) is 47.3 Å². The van der Waals surface area contributed by atoms with Crippen LogP contribution in [-0.2, 0) is 18.4 Å². The Morgan fingerprint density at radius 3 is 2.29 bits per heavy atom. The van der Waals surface area contributed by atoms with Crippen LogP contribution >= 0.6 is 0 Å². The minimum Gasteiger partial charge on any atom is -0.491 e. The molecule has 4 aromatic rings. The van der Waals surface area contributed by atoms with Gasteiger partial charge in [-0.05, 0) is 40.8 Å². The van der Waals surface area contributed by atoms with Crippen molar-refractivity contribution in [1.82, 2.24) is 9.55 Å². The molecule has 1 aromatic heterocycles. The van der Waals surface area contributed by atoms with Crippen molar-refractivity contribution >= 4 is 11.0 Å². The highest BCUT2D eigenvalue weighted by molar-refractivity contribution is 5.76. The van der Waals surface area contributed by atoms with E-state index in [2.05, 4.69) is 55.7 Å². The van der Waals surface area contributed by atoms with E-state index < -0.39 is 6.10 Å². The molecule has 1 heterocycles. The molecule has 0 amide bonds. The van der Waals surface area contributed by atoms with Gasteiger partial charge in [0.15, 0.2) is 0 Å². The van der Waals surface area contributed by atoms with Crippen LogP contribution in [-0.4, -0.2) is 27.4 Å². The van der Waals surface area contributed by atoms with Crippen LogP contribution in [0.5, 0.6) is 5.75 Å². The SMILES string of the molecule is CC(C)(C)c1ccc(OC[C@@H](O)Cn2c(Cc3ccccc3)nc3ccccc32)cc1. The highest BCUT2D eigenvalue weighted by Gasteiger charge is 2.16. The van der Waals surface area contributed by atoms with Crippen LogP contribution < -0.4 is 4.74 Å². The molecule has 0 aliphatic heterocycles. The minimum absolute atomic E-state index is 0.107. The number of hydrogen-bond acceptors (Lipinski definition) is 3. The number of para-hydroxylation sites is 2. The molecule has 0 fully saturated rings. The third-order valence-corrected chi connectivity index (χ3v) is 5.49. The van der Waals surface area contributed by atoms with Gasteiger partial charge in [-0.1, -0.05) is 75.4 Å². The summed E-state index contributed by atoms with van der Waals surface area (Å²) in [5, 5.41) is 10.7. The number of benzene rings is 3. The van der Waals surface area contributed by atoms with Gasteiger partial charge in [0.05, 0.1) is 17.6 Å². The number of aromatic nitrogens is 2. The number of imidazole rings is 1. The molecule has 1 atom stereocenters. The Kier molecular flexibility index (Phi) is 6.10. The lowest BCUT2D eigenvalue weighted by Gasteiger charge is -2.20. The highest BCUT2D eigenvalue weighted by Crippen LogP contribution is 2.24. The van der Waals surface area contributed by atoms with Gasteiger partial charge >= 0.3 is 0 Å². The molecule has 3 aromatic carbocycles. The first-order valence-electron chi connectivity index (χ1n) is 10.8.